The van der Waals surface area contributed by atoms with Crippen LogP contribution in [0.5, 0.6) is 0 Å². The first-order chi connectivity index (χ1) is 10.7. The number of aromatic nitrogens is 1. The number of amides is 2. The summed E-state index contributed by atoms with van der Waals surface area (Å²) in [5.74, 6) is -0.999. The summed E-state index contributed by atoms with van der Waals surface area (Å²) in [5, 5.41) is 2.33. The second-order valence-electron chi connectivity index (χ2n) is 5.71. The van der Waals surface area contributed by atoms with Gasteiger partial charge in [0.25, 0.3) is 10.1 Å². The number of nitrogens with one attached hydrogen (secondary N) is 1. The first-order valence-corrected chi connectivity index (χ1v) is 9.14. The van der Waals surface area contributed by atoms with Crippen LogP contribution in [0.15, 0.2) is 6.07 Å². The second kappa shape index (κ2) is 6.76. The van der Waals surface area contributed by atoms with Crippen LogP contribution in [-0.2, 0) is 30.3 Å². The van der Waals surface area contributed by atoms with Crippen LogP contribution >= 0.6 is 0 Å². The van der Waals surface area contributed by atoms with Crippen LogP contribution < -0.4 is 5.32 Å². The zero-order valence-corrected chi connectivity index (χ0v) is 14.2. The molecule has 126 valence electrons. The number of rotatable bonds is 5. The minimum atomic E-state index is -3.46. The number of aryl methyl sites for hydroxylation is 2. The number of piperidine rings is 1. The molecule has 0 spiro atoms. The summed E-state index contributed by atoms with van der Waals surface area (Å²) in [6.07, 6.45) is 2.19. The van der Waals surface area contributed by atoms with E-state index >= 15 is 0 Å². The molecule has 1 unspecified atom stereocenters. The Morgan fingerprint density at radius 1 is 1.35 bits per heavy atom. The molecule has 1 fully saturated rings. The second-order valence-corrected chi connectivity index (χ2v) is 7.35. The zero-order valence-electron chi connectivity index (χ0n) is 13.4. The lowest BCUT2D eigenvalue weighted by Gasteiger charge is -2.22. The lowest BCUT2D eigenvalue weighted by molar-refractivity contribution is -0.134. The van der Waals surface area contributed by atoms with Crippen molar-refractivity contribution in [3.05, 3.63) is 28.6 Å². The highest BCUT2D eigenvalue weighted by atomic mass is 32.2. The summed E-state index contributed by atoms with van der Waals surface area (Å²) in [4.78, 5) is 27.6. The molecule has 1 saturated heterocycles. The average Bonchev–Trinajstić information content (AvgIpc) is 2.40. The Balaban J connectivity index is 2.17. The molecule has 2 amide bonds. The van der Waals surface area contributed by atoms with E-state index < -0.39 is 16.0 Å². The van der Waals surface area contributed by atoms with Crippen molar-refractivity contribution < 1.29 is 22.2 Å². The van der Waals surface area contributed by atoms with E-state index in [1.165, 1.54) is 0 Å². The van der Waals surface area contributed by atoms with E-state index in [4.69, 9.17) is 4.18 Å². The minimum Gasteiger partial charge on any atom is -0.296 e. The van der Waals surface area contributed by atoms with Crippen LogP contribution in [0, 0.1) is 13.8 Å². The monoisotopic (exact) mass is 340 g/mol. The highest BCUT2D eigenvalue weighted by Gasteiger charge is 2.29. The third-order valence-corrected chi connectivity index (χ3v) is 4.41. The molecular formula is C15H20N2O5S. The molecule has 8 heteroatoms. The van der Waals surface area contributed by atoms with Crippen molar-refractivity contribution in [1.29, 1.82) is 0 Å². The molecule has 0 radical (unpaired) electrons. The molecule has 2 heterocycles. The molecule has 7 nitrogen and oxygen atoms in total. The lowest BCUT2D eigenvalue weighted by Crippen LogP contribution is -2.39. The van der Waals surface area contributed by atoms with E-state index in [0.717, 1.165) is 23.1 Å². The fourth-order valence-electron chi connectivity index (χ4n) is 2.72. The van der Waals surface area contributed by atoms with E-state index in [1.54, 1.807) is 0 Å². The quantitative estimate of drug-likeness (QED) is 0.626. The summed E-state index contributed by atoms with van der Waals surface area (Å²) < 4.78 is 26.8. The van der Waals surface area contributed by atoms with E-state index in [-0.39, 0.29) is 18.4 Å². The van der Waals surface area contributed by atoms with Gasteiger partial charge in [-0.2, -0.15) is 8.42 Å². The molecule has 1 N–H and O–H groups in total. The molecule has 1 atom stereocenters. The van der Waals surface area contributed by atoms with Gasteiger partial charge in [0.05, 0.1) is 24.5 Å². The predicted octanol–water partition coefficient (Wildman–Crippen LogP) is 0.737. The molecule has 23 heavy (non-hydrogen) atoms. The number of nitrogens with zero attached hydrogens (tertiary/aromatic N) is 1. The van der Waals surface area contributed by atoms with E-state index in [0.29, 0.717) is 25.0 Å². The number of hydrogen-bond donors (Lipinski definition) is 1. The predicted molar refractivity (Wildman–Crippen MR) is 83.3 cm³/mol. The van der Waals surface area contributed by atoms with Crippen molar-refractivity contribution in [2.24, 2.45) is 0 Å². The molecular weight excluding hydrogens is 320 g/mol. The summed E-state index contributed by atoms with van der Waals surface area (Å²) in [6.45, 7) is 3.76. The van der Waals surface area contributed by atoms with Crippen LogP contribution in [0.25, 0.3) is 0 Å². The smallest absolute Gasteiger partial charge is 0.264 e. The third-order valence-electron chi connectivity index (χ3n) is 3.82. The topological polar surface area (TPSA) is 102 Å². The number of imide groups is 1. The fourth-order valence-corrected chi connectivity index (χ4v) is 3.10. The summed E-state index contributed by atoms with van der Waals surface area (Å²) in [7, 11) is -3.46. The van der Waals surface area contributed by atoms with Crippen molar-refractivity contribution in [3.8, 4) is 0 Å². The van der Waals surface area contributed by atoms with Gasteiger partial charge in [-0.25, -0.2) is 0 Å². The van der Waals surface area contributed by atoms with Crippen LogP contribution in [-0.4, -0.2) is 38.1 Å². The summed E-state index contributed by atoms with van der Waals surface area (Å²) in [6, 6.07) is 1.82. The summed E-state index contributed by atoms with van der Waals surface area (Å²) in [5.41, 5.74) is 3.21. The standard InChI is InChI=1S/C15H20N2O5S/c1-9-8-13(12-4-5-14(18)17-15(12)19)16-10(2)11(9)6-7-22-23(3,20)21/h8,12H,4-7H2,1-3H3,(H,17,18,19). The lowest BCUT2D eigenvalue weighted by atomic mass is 9.92. The van der Waals surface area contributed by atoms with Crippen molar-refractivity contribution >= 4 is 21.9 Å². The highest BCUT2D eigenvalue weighted by molar-refractivity contribution is 7.85. The Bertz CT molecular complexity index is 719. The number of carbonyl (C=O) groups excluding carboxylic acids is 2. The van der Waals surface area contributed by atoms with E-state index in [1.807, 2.05) is 19.9 Å². The first-order valence-electron chi connectivity index (χ1n) is 7.32. The van der Waals surface area contributed by atoms with Crippen molar-refractivity contribution in [2.75, 3.05) is 12.9 Å². The van der Waals surface area contributed by atoms with Crippen molar-refractivity contribution in [1.82, 2.24) is 10.3 Å². The Hall–Kier alpha value is -1.80. The van der Waals surface area contributed by atoms with Gasteiger partial charge in [0.2, 0.25) is 11.8 Å². The Morgan fingerprint density at radius 2 is 2.04 bits per heavy atom. The molecule has 1 aliphatic heterocycles. The molecule has 2 rings (SSSR count). The van der Waals surface area contributed by atoms with Gasteiger partial charge in [0.1, 0.15) is 0 Å². The van der Waals surface area contributed by atoms with Crippen molar-refractivity contribution in [2.45, 2.75) is 39.0 Å². The third kappa shape index (κ3) is 4.59. The SMILES string of the molecule is Cc1cc(C2CCC(=O)NC2=O)nc(C)c1CCOS(C)(=O)=O. The van der Waals surface area contributed by atoms with Gasteiger partial charge in [-0.1, -0.05) is 0 Å². The number of pyridine rings is 1. The van der Waals surface area contributed by atoms with Gasteiger partial charge in [-0.05, 0) is 43.9 Å². The molecule has 1 aliphatic rings. The largest absolute Gasteiger partial charge is 0.296 e. The van der Waals surface area contributed by atoms with Gasteiger partial charge in [-0.3, -0.25) is 24.1 Å². The maximum atomic E-state index is 11.9. The zero-order chi connectivity index (χ0) is 17.2. The minimum absolute atomic E-state index is 0.0555. The van der Waals surface area contributed by atoms with Gasteiger partial charge >= 0.3 is 0 Å². The van der Waals surface area contributed by atoms with Crippen LogP contribution in [0.2, 0.25) is 0 Å². The molecule has 0 bridgehead atoms. The maximum Gasteiger partial charge on any atom is 0.264 e. The first kappa shape index (κ1) is 17.6. The van der Waals surface area contributed by atoms with Crippen LogP contribution in [0.4, 0.5) is 0 Å². The normalized spacial score (nSPS) is 18.8. The molecule has 1 aromatic rings. The Morgan fingerprint density at radius 3 is 2.61 bits per heavy atom. The van der Waals surface area contributed by atoms with Crippen LogP contribution in [0.3, 0.4) is 0 Å². The number of carbonyl (C=O) groups is 2. The van der Waals surface area contributed by atoms with E-state index in [9.17, 15) is 18.0 Å². The Labute approximate surface area is 135 Å². The molecule has 1 aromatic heterocycles. The molecule has 0 saturated carbocycles. The van der Waals surface area contributed by atoms with Gasteiger partial charge in [0.15, 0.2) is 0 Å². The van der Waals surface area contributed by atoms with Crippen LogP contribution in [0.1, 0.15) is 41.3 Å². The molecule has 0 aromatic carbocycles. The van der Waals surface area contributed by atoms with Gasteiger partial charge in [-0.15, -0.1) is 0 Å². The van der Waals surface area contributed by atoms with Crippen molar-refractivity contribution in [3.63, 3.8) is 0 Å². The molecule has 0 aliphatic carbocycles. The van der Waals surface area contributed by atoms with E-state index in [2.05, 4.69) is 10.3 Å². The fraction of sp³-hybridized carbons (Fsp3) is 0.533. The number of hydrogen-bond acceptors (Lipinski definition) is 6. The summed E-state index contributed by atoms with van der Waals surface area (Å²) >= 11 is 0. The van der Waals surface area contributed by atoms with Gasteiger partial charge in [0, 0.05) is 12.1 Å². The van der Waals surface area contributed by atoms with Gasteiger partial charge < -0.3 is 0 Å². The average molecular weight is 340 g/mol. The Kier molecular flexibility index (Phi) is 5.16. The maximum absolute atomic E-state index is 11.9. The highest BCUT2D eigenvalue weighted by Crippen LogP contribution is 2.26.